The number of hydrogen-bond acceptors (Lipinski definition) is 1. The first kappa shape index (κ1) is 17.1. The maximum atomic E-state index is 6.45. The predicted molar refractivity (Wildman–Crippen MR) is 93.2 cm³/mol. The van der Waals surface area contributed by atoms with E-state index in [1.54, 1.807) is 0 Å². The first-order chi connectivity index (χ1) is 10.2. The molecule has 1 atom stereocenters. The van der Waals surface area contributed by atoms with Gasteiger partial charge in [0.05, 0.1) is 10.0 Å². The molecule has 0 aliphatic heterocycles. The lowest BCUT2D eigenvalue weighted by atomic mass is 9.75. The first-order valence-corrected chi connectivity index (χ1v) is 9.10. The zero-order valence-electron chi connectivity index (χ0n) is 13.2. The van der Waals surface area contributed by atoms with Crippen molar-refractivity contribution in [1.29, 1.82) is 0 Å². The van der Waals surface area contributed by atoms with Gasteiger partial charge in [0.15, 0.2) is 0 Å². The van der Waals surface area contributed by atoms with E-state index >= 15 is 0 Å². The van der Waals surface area contributed by atoms with Gasteiger partial charge in [0.1, 0.15) is 0 Å². The van der Waals surface area contributed by atoms with Crippen molar-refractivity contribution >= 4 is 23.2 Å². The lowest BCUT2D eigenvalue weighted by Crippen LogP contribution is -2.31. The maximum absolute atomic E-state index is 6.45. The highest BCUT2D eigenvalue weighted by molar-refractivity contribution is 6.42. The highest BCUT2D eigenvalue weighted by Gasteiger charge is 2.29. The number of rotatable bonds is 6. The first-order valence-electron chi connectivity index (χ1n) is 8.34. The summed E-state index contributed by atoms with van der Waals surface area (Å²) in [5.41, 5.74) is 1.17. The molecule has 1 nitrogen and oxygen atoms in total. The van der Waals surface area contributed by atoms with Crippen LogP contribution in [0.4, 0.5) is 0 Å². The van der Waals surface area contributed by atoms with E-state index in [1.165, 1.54) is 44.1 Å². The molecule has 3 heteroatoms. The highest BCUT2D eigenvalue weighted by atomic mass is 35.5. The van der Waals surface area contributed by atoms with E-state index in [2.05, 4.69) is 25.2 Å². The van der Waals surface area contributed by atoms with Crippen molar-refractivity contribution in [2.24, 2.45) is 11.8 Å². The summed E-state index contributed by atoms with van der Waals surface area (Å²) in [5.74, 6) is 1.61. The van der Waals surface area contributed by atoms with Crippen LogP contribution in [0.3, 0.4) is 0 Å². The smallest absolute Gasteiger partial charge is 0.0640 e. The normalized spacial score (nSPS) is 24.0. The molecule has 21 heavy (non-hydrogen) atoms. The third kappa shape index (κ3) is 4.37. The minimum Gasteiger partial charge on any atom is -0.310 e. The van der Waals surface area contributed by atoms with Crippen molar-refractivity contribution in [3.63, 3.8) is 0 Å². The molecule has 0 radical (unpaired) electrons. The van der Waals surface area contributed by atoms with Crippen molar-refractivity contribution in [2.75, 3.05) is 6.54 Å². The number of halogens is 2. The molecule has 0 aromatic heterocycles. The van der Waals surface area contributed by atoms with E-state index in [0.29, 0.717) is 17.0 Å². The third-order valence-electron chi connectivity index (χ3n) is 4.80. The second-order valence-electron chi connectivity index (χ2n) is 6.25. The Hall–Kier alpha value is -0.240. The zero-order valence-corrected chi connectivity index (χ0v) is 14.7. The van der Waals surface area contributed by atoms with Crippen molar-refractivity contribution in [2.45, 2.75) is 58.4 Å². The van der Waals surface area contributed by atoms with Gasteiger partial charge in [-0.25, -0.2) is 0 Å². The van der Waals surface area contributed by atoms with E-state index in [9.17, 15) is 0 Å². The summed E-state index contributed by atoms with van der Waals surface area (Å²) in [4.78, 5) is 0. The molecule has 1 fully saturated rings. The molecule has 1 aromatic carbocycles. The average Bonchev–Trinajstić information content (AvgIpc) is 2.49. The molecule has 1 N–H and O–H groups in total. The van der Waals surface area contributed by atoms with Crippen LogP contribution in [-0.4, -0.2) is 6.54 Å². The van der Waals surface area contributed by atoms with Crippen LogP contribution in [0.5, 0.6) is 0 Å². The van der Waals surface area contributed by atoms with Crippen molar-refractivity contribution < 1.29 is 0 Å². The van der Waals surface area contributed by atoms with Gasteiger partial charge in [-0.15, -0.1) is 0 Å². The summed E-state index contributed by atoms with van der Waals surface area (Å²) in [7, 11) is 0. The van der Waals surface area contributed by atoms with Crippen molar-refractivity contribution in [1.82, 2.24) is 5.32 Å². The van der Waals surface area contributed by atoms with Crippen LogP contribution in [0.15, 0.2) is 18.2 Å². The molecular formula is C18H27Cl2N. The van der Waals surface area contributed by atoms with Crippen molar-refractivity contribution in [3.05, 3.63) is 33.8 Å². The predicted octanol–water partition coefficient (Wildman–Crippen LogP) is 6.25. The standard InChI is InChI=1S/C18H27Cl2N/c1-3-6-13-9-11-14(12-10-13)18(21-4-2)15-7-5-8-16(19)17(15)20/h5,7-8,13-14,18,21H,3-4,6,9-12H2,1-2H3. The molecule has 0 saturated heterocycles. The molecule has 1 saturated carbocycles. The summed E-state index contributed by atoms with van der Waals surface area (Å²) in [6.07, 6.45) is 8.01. The Kier molecular flexibility index (Phi) is 6.85. The molecule has 1 aliphatic rings. The monoisotopic (exact) mass is 327 g/mol. The summed E-state index contributed by atoms with van der Waals surface area (Å²) >= 11 is 12.7. The van der Waals surface area contributed by atoms with Crippen LogP contribution in [0.2, 0.25) is 10.0 Å². The minimum atomic E-state index is 0.337. The number of hydrogen-bond donors (Lipinski definition) is 1. The Morgan fingerprint density at radius 2 is 1.86 bits per heavy atom. The molecule has 0 amide bonds. The Balaban J connectivity index is 2.11. The van der Waals surface area contributed by atoms with Gasteiger partial charge in [-0.2, -0.15) is 0 Å². The van der Waals surface area contributed by atoms with Crippen LogP contribution < -0.4 is 5.32 Å². The lowest BCUT2D eigenvalue weighted by Gasteiger charge is -2.35. The van der Waals surface area contributed by atoms with Gasteiger partial charge in [0.2, 0.25) is 0 Å². The topological polar surface area (TPSA) is 12.0 Å². The van der Waals surface area contributed by atoms with E-state index in [-0.39, 0.29) is 0 Å². The molecule has 0 spiro atoms. The van der Waals surface area contributed by atoms with E-state index < -0.39 is 0 Å². The van der Waals surface area contributed by atoms with Gasteiger partial charge in [-0.05, 0) is 42.9 Å². The van der Waals surface area contributed by atoms with Gasteiger partial charge < -0.3 is 5.32 Å². The number of nitrogens with one attached hydrogen (secondary N) is 1. The van der Waals surface area contributed by atoms with Gasteiger partial charge in [0.25, 0.3) is 0 Å². The number of benzene rings is 1. The van der Waals surface area contributed by atoms with Crippen LogP contribution in [0, 0.1) is 11.8 Å². The third-order valence-corrected chi connectivity index (χ3v) is 5.63. The zero-order chi connectivity index (χ0) is 15.2. The molecule has 1 aliphatic carbocycles. The molecule has 118 valence electrons. The largest absolute Gasteiger partial charge is 0.310 e. The van der Waals surface area contributed by atoms with Gasteiger partial charge >= 0.3 is 0 Å². The van der Waals surface area contributed by atoms with E-state index in [4.69, 9.17) is 23.2 Å². The molecule has 0 bridgehead atoms. The second-order valence-corrected chi connectivity index (χ2v) is 7.03. The van der Waals surface area contributed by atoms with E-state index in [1.807, 2.05) is 12.1 Å². The fraction of sp³-hybridized carbons (Fsp3) is 0.667. The van der Waals surface area contributed by atoms with Gasteiger partial charge in [-0.1, -0.05) is 74.9 Å². The summed E-state index contributed by atoms with van der Waals surface area (Å²) in [6, 6.07) is 6.34. The van der Waals surface area contributed by atoms with Crippen LogP contribution in [-0.2, 0) is 0 Å². The lowest BCUT2D eigenvalue weighted by molar-refractivity contribution is 0.216. The molecule has 2 rings (SSSR count). The Morgan fingerprint density at radius 3 is 2.48 bits per heavy atom. The fourth-order valence-electron chi connectivity index (χ4n) is 3.73. The minimum absolute atomic E-state index is 0.337. The van der Waals surface area contributed by atoms with Crippen LogP contribution in [0.25, 0.3) is 0 Å². The quantitative estimate of drug-likeness (QED) is 0.651. The highest BCUT2D eigenvalue weighted by Crippen LogP contribution is 2.41. The Morgan fingerprint density at radius 1 is 1.14 bits per heavy atom. The average molecular weight is 328 g/mol. The van der Waals surface area contributed by atoms with E-state index in [0.717, 1.165) is 17.5 Å². The fourth-order valence-corrected chi connectivity index (χ4v) is 4.16. The Bertz CT molecular complexity index is 439. The van der Waals surface area contributed by atoms with Gasteiger partial charge in [0, 0.05) is 6.04 Å². The Labute approximate surface area is 139 Å². The maximum Gasteiger partial charge on any atom is 0.0640 e. The van der Waals surface area contributed by atoms with Crippen LogP contribution in [0.1, 0.15) is 64.0 Å². The van der Waals surface area contributed by atoms with Gasteiger partial charge in [-0.3, -0.25) is 0 Å². The van der Waals surface area contributed by atoms with Crippen molar-refractivity contribution in [3.8, 4) is 0 Å². The molecular weight excluding hydrogens is 301 g/mol. The summed E-state index contributed by atoms with van der Waals surface area (Å²) < 4.78 is 0. The summed E-state index contributed by atoms with van der Waals surface area (Å²) in [6.45, 7) is 5.41. The molecule has 0 heterocycles. The molecule has 1 aromatic rings. The summed E-state index contributed by atoms with van der Waals surface area (Å²) in [5, 5.41) is 5.03. The SMILES string of the molecule is CCCC1CCC(C(NCC)c2cccc(Cl)c2Cl)CC1. The van der Waals surface area contributed by atoms with Crippen LogP contribution >= 0.6 is 23.2 Å². The molecule has 1 unspecified atom stereocenters. The second kappa shape index (κ2) is 8.41.